The normalized spacial score (nSPS) is 15.4. The quantitative estimate of drug-likeness (QED) is 0.0162. The van der Waals surface area contributed by atoms with E-state index in [1.807, 2.05) is 0 Å². The lowest BCUT2D eigenvalue weighted by Crippen LogP contribution is -2.62. The Hall–Kier alpha value is -6.43. The van der Waals surface area contributed by atoms with Crippen molar-refractivity contribution in [3.05, 3.63) is 0 Å². The molecule has 0 aromatic rings. The number of aliphatic hydroxyl groups is 3. The molecule has 8 amide bonds. The predicted molar refractivity (Wildman–Crippen MR) is 246 cm³/mol. The molecule has 29 nitrogen and oxygen atoms in total. The summed E-state index contributed by atoms with van der Waals surface area (Å²) in [6.45, 7) is 4.67. The van der Waals surface area contributed by atoms with E-state index in [1.165, 1.54) is 20.8 Å². The number of hydrogen-bond donors (Lipinski definition) is 18. The number of aliphatic carboxylic acids is 1. The number of aliphatic hydroxyl groups excluding tert-OH is 3. The van der Waals surface area contributed by atoms with Crippen LogP contribution in [0.1, 0.15) is 85.5 Å². The van der Waals surface area contributed by atoms with E-state index in [9.17, 15) is 63.6 Å². The number of nitrogens with one attached hydrogen (secondary N) is 7. The third kappa shape index (κ3) is 24.4. The summed E-state index contributed by atoms with van der Waals surface area (Å²) in [5.41, 5.74) is 38.1. The maximum absolute atomic E-state index is 14.0. The molecule has 0 aromatic carbocycles. The van der Waals surface area contributed by atoms with E-state index in [2.05, 4.69) is 47.2 Å². The van der Waals surface area contributed by atoms with Crippen molar-refractivity contribution in [2.75, 3.05) is 26.2 Å². The van der Waals surface area contributed by atoms with Crippen molar-refractivity contribution < 1.29 is 63.6 Å². The number of unbranched alkanes of at least 4 members (excludes halogenated alkanes) is 1. The average molecular weight is 975 g/mol. The highest BCUT2D eigenvalue weighted by Crippen LogP contribution is 2.10. The second-order valence-electron chi connectivity index (χ2n) is 16.2. The lowest BCUT2D eigenvalue weighted by Gasteiger charge is -2.29. The molecule has 10 atom stereocenters. The first kappa shape index (κ1) is 61.6. The van der Waals surface area contributed by atoms with Crippen LogP contribution >= 0.6 is 0 Å². The number of carbonyl (C=O) groups excluding carboxylic acids is 8. The Morgan fingerprint density at radius 2 is 0.897 bits per heavy atom. The summed E-state index contributed by atoms with van der Waals surface area (Å²) in [5.74, 6) is -10.5. The molecule has 0 saturated heterocycles. The summed E-state index contributed by atoms with van der Waals surface area (Å²) in [6, 6.07) is -12.2. The Kier molecular flexibility index (Phi) is 29.2. The van der Waals surface area contributed by atoms with Crippen LogP contribution in [0.3, 0.4) is 0 Å². The first-order chi connectivity index (χ1) is 31.8. The third-order valence-corrected chi connectivity index (χ3v) is 9.98. The van der Waals surface area contributed by atoms with E-state index < -0.39 is 139 Å². The van der Waals surface area contributed by atoms with E-state index in [4.69, 9.17) is 40.1 Å². The van der Waals surface area contributed by atoms with Crippen molar-refractivity contribution in [1.29, 1.82) is 0 Å². The van der Waals surface area contributed by atoms with E-state index in [1.54, 1.807) is 0 Å². The zero-order valence-corrected chi connectivity index (χ0v) is 38.9. The second kappa shape index (κ2) is 32.3. The molecule has 25 N–H and O–H groups in total. The molecule has 0 fully saturated rings. The second-order valence-corrected chi connectivity index (χ2v) is 16.2. The number of nitrogens with two attached hydrogens (primary N) is 7. The van der Waals surface area contributed by atoms with Gasteiger partial charge in [0.25, 0.3) is 0 Å². The highest BCUT2D eigenvalue weighted by Gasteiger charge is 2.36. The standard InChI is InChI=1S/C39H74N16O13/c1-18(2)28(54-32(62)23(12-13-26(41)59)50-33(63)25(17-56)53-36(66)29(20(4)58)55-34(64)27(42)19(3)57)35(65)51-22(10-7-15-47-38(43)44)30(60)49-21(9-5-6-14-40)31(61)52-24(37(67)68)11-8-16-48-39(45)46/h18-25,27-29,56-58H,5-17,40,42H2,1-4H3,(H2,41,59)(H,49,60)(H,50,63)(H,51,65)(H,52,61)(H,53,66)(H,54,62)(H,55,64)(H,67,68)(H4,43,44,47)(H4,45,46,48). The number of nitrogens with zero attached hydrogens (tertiary/aromatic N) is 2. The van der Waals surface area contributed by atoms with Gasteiger partial charge in [-0.3, -0.25) is 48.3 Å². The van der Waals surface area contributed by atoms with Crippen LogP contribution in [0.25, 0.3) is 0 Å². The number of primary amides is 1. The first-order valence-electron chi connectivity index (χ1n) is 21.9. The fraction of sp³-hybridized carbons (Fsp3) is 0.718. The molecule has 0 aliphatic heterocycles. The van der Waals surface area contributed by atoms with Gasteiger partial charge in [-0.25, -0.2) is 4.79 Å². The lowest BCUT2D eigenvalue weighted by molar-refractivity contribution is -0.142. The van der Waals surface area contributed by atoms with Gasteiger partial charge in [-0.05, 0) is 77.7 Å². The fourth-order valence-electron chi connectivity index (χ4n) is 6.05. The summed E-state index contributed by atoms with van der Waals surface area (Å²) in [7, 11) is 0. The minimum absolute atomic E-state index is 0.00882. The summed E-state index contributed by atoms with van der Waals surface area (Å²) in [6.07, 6.45) is -2.93. The number of carbonyl (C=O) groups is 9. The molecule has 29 heteroatoms. The molecule has 0 aromatic heterocycles. The van der Waals surface area contributed by atoms with Gasteiger partial charge < -0.3 is 97.8 Å². The highest BCUT2D eigenvalue weighted by molar-refractivity contribution is 5.98. The first-order valence-corrected chi connectivity index (χ1v) is 21.9. The molecule has 388 valence electrons. The van der Waals surface area contributed by atoms with Gasteiger partial charge in [0.2, 0.25) is 47.3 Å². The van der Waals surface area contributed by atoms with E-state index in [0.717, 1.165) is 6.92 Å². The van der Waals surface area contributed by atoms with Crippen molar-refractivity contribution in [2.45, 2.75) is 146 Å². The van der Waals surface area contributed by atoms with Crippen LogP contribution in [0.15, 0.2) is 9.98 Å². The molecule has 0 aliphatic rings. The Bertz CT molecular complexity index is 1740. The van der Waals surface area contributed by atoms with Crippen LogP contribution in [-0.4, -0.2) is 172 Å². The van der Waals surface area contributed by atoms with E-state index in [-0.39, 0.29) is 63.7 Å². The highest BCUT2D eigenvalue weighted by atomic mass is 16.4. The maximum Gasteiger partial charge on any atom is 0.326 e. The number of rotatable bonds is 34. The Balaban J connectivity index is 6.55. The van der Waals surface area contributed by atoms with Crippen LogP contribution in [0.2, 0.25) is 0 Å². The van der Waals surface area contributed by atoms with Gasteiger partial charge in [0.05, 0.1) is 18.8 Å². The molecule has 0 bridgehead atoms. The number of carboxylic acid groups (broad SMARTS) is 1. The van der Waals surface area contributed by atoms with Crippen LogP contribution < -0.4 is 77.4 Å². The van der Waals surface area contributed by atoms with Gasteiger partial charge in [-0.1, -0.05) is 13.8 Å². The van der Waals surface area contributed by atoms with E-state index >= 15 is 0 Å². The van der Waals surface area contributed by atoms with Crippen LogP contribution in [0.4, 0.5) is 0 Å². The average Bonchev–Trinajstić information content (AvgIpc) is 3.25. The molecular weight excluding hydrogens is 901 g/mol. The molecule has 0 spiro atoms. The van der Waals surface area contributed by atoms with Crippen molar-refractivity contribution in [3.63, 3.8) is 0 Å². The minimum atomic E-state index is -1.82. The predicted octanol–water partition coefficient (Wildman–Crippen LogP) is -8.30. The molecular formula is C39H74N16O13. The molecule has 10 unspecified atom stereocenters. The monoisotopic (exact) mass is 975 g/mol. The molecule has 0 heterocycles. The fourth-order valence-corrected chi connectivity index (χ4v) is 6.05. The molecule has 0 saturated carbocycles. The zero-order chi connectivity index (χ0) is 52.3. The number of amides is 8. The van der Waals surface area contributed by atoms with Gasteiger partial charge in [-0.2, -0.15) is 0 Å². The lowest BCUT2D eigenvalue weighted by atomic mass is 10.0. The van der Waals surface area contributed by atoms with Crippen LogP contribution in [0, 0.1) is 5.92 Å². The number of carboxylic acids is 1. The summed E-state index contributed by atoms with van der Waals surface area (Å²) in [4.78, 5) is 126. The number of hydrogen-bond acceptors (Lipinski definition) is 16. The van der Waals surface area contributed by atoms with E-state index in [0.29, 0.717) is 12.8 Å². The molecule has 0 rings (SSSR count). The third-order valence-electron chi connectivity index (χ3n) is 9.98. The van der Waals surface area contributed by atoms with Gasteiger partial charge in [0, 0.05) is 19.5 Å². The van der Waals surface area contributed by atoms with Crippen molar-refractivity contribution in [3.8, 4) is 0 Å². The topological polar surface area (TPSA) is 526 Å². The van der Waals surface area contributed by atoms with Crippen molar-refractivity contribution in [1.82, 2.24) is 37.2 Å². The van der Waals surface area contributed by atoms with Crippen LogP contribution in [0.5, 0.6) is 0 Å². The Labute approximate surface area is 393 Å². The Morgan fingerprint density at radius 1 is 0.500 bits per heavy atom. The summed E-state index contributed by atoms with van der Waals surface area (Å²) in [5, 5.41) is 56.2. The van der Waals surface area contributed by atoms with Gasteiger partial charge in [0.15, 0.2) is 11.9 Å². The van der Waals surface area contributed by atoms with Gasteiger partial charge in [-0.15, -0.1) is 0 Å². The van der Waals surface area contributed by atoms with Crippen LogP contribution in [-0.2, 0) is 43.2 Å². The SMILES string of the molecule is CC(C)C(NC(=O)C(CCC(N)=O)NC(=O)C(CO)NC(=O)C(NC(=O)C(N)C(C)O)C(C)O)C(=O)NC(CCCN=C(N)N)C(=O)NC(CCCCN)C(=O)NC(CCCN=C(N)N)C(=O)O. The summed E-state index contributed by atoms with van der Waals surface area (Å²) < 4.78 is 0. The zero-order valence-electron chi connectivity index (χ0n) is 38.9. The number of aliphatic imine (C=N–C) groups is 2. The van der Waals surface area contributed by atoms with Gasteiger partial charge in [0.1, 0.15) is 48.3 Å². The van der Waals surface area contributed by atoms with Crippen molar-refractivity contribution in [2.24, 2.45) is 56.0 Å². The smallest absolute Gasteiger partial charge is 0.326 e. The van der Waals surface area contributed by atoms with Gasteiger partial charge >= 0.3 is 5.97 Å². The molecule has 68 heavy (non-hydrogen) atoms. The minimum Gasteiger partial charge on any atom is -0.480 e. The largest absolute Gasteiger partial charge is 0.480 e. The van der Waals surface area contributed by atoms with Crippen molar-refractivity contribution >= 4 is 65.1 Å². The maximum atomic E-state index is 14.0. The molecule has 0 aliphatic carbocycles. The summed E-state index contributed by atoms with van der Waals surface area (Å²) >= 11 is 0. The Morgan fingerprint density at radius 3 is 1.32 bits per heavy atom. The molecule has 0 radical (unpaired) electrons. The number of guanidine groups is 2.